The Labute approximate surface area is 173 Å². The number of nitrogens with zero attached hydrogens (tertiary/aromatic N) is 4. The van der Waals surface area contributed by atoms with Crippen LogP contribution in [0.2, 0.25) is 0 Å². The van der Waals surface area contributed by atoms with Gasteiger partial charge in [-0.25, -0.2) is 4.98 Å². The summed E-state index contributed by atoms with van der Waals surface area (Å²) in [6, 6.07) is 12.2. The van der Waals surface area contributed by atoms with Gasteiger partial charge in [0.05, 0.1) is 28.7 Å². The normalized spacial score (nSPS) is 13.1. The highest BCUT2D eigenvalue weighted by molar-refractivity contribution is 6.21. The molecule has 2 aromatic carbocycles. The summed E-state index contributed by atoms with van der Waals surface area (Å²) in [6.07, 6.45) is 0. The highest BCUT2D eigenvalue weighted by atomic mass is 16.5. The molecule has 0 aliphatic carbocycles. The lowest BCUT2D eigenvalue weighted by atomic mass is 10.1. The van der Waals surface area contributed by atoms with Gasteiger partial charge in [-0.1, -0.05) is 12.1 Å². The first-order chi connectivity index (χ1) is 14.4. The number of carbonyl (C=O) groups is 3. The monoisotopic (exact) mass is 406 g/mol. The number of imidazole rings is 1. The molecule has 0 saturated heterocycles. The summed E-state index contributed by atoms with van der Waals surface area (Å²) in [5.41, 5.74) is 2.39. The summed E-state index contributed by atoms with van der Waals surface area (Å²) in [5, 5.41) is 0. The fourth-order valence-electron chi connectivity index (χ4n) is 3.51. The molecule has 0 fully saturated rings. The zero-order chi connectivity index (χ0) is 21.4. The van der Waals surface area contributed by atoms with Crippen LogP contribution in [0.4, 0.5) is 0 Å². The van der Waals surface area contributed by atoms with Crippen molar-refractivity contribution in [1.82, 2.24) is 19.4 Å². The third-order valence-corrected chi connectivity index (χ3v) is 5.15. The van der Waals surface area contributed by atoms with Crippen LogP contribution in [0.15, 0.2) is 42.5 Å². The number of hydrogen-bond donors (Lipinski definition) is 0. The summed E-state index contributed by atoms with van der Waals surface area (Å²) in [5.74, 6) is 0.418. The van der Waals surface area contributed by atoms with Gasteiger partial charge in [0.1, 0.15) is 11.6 Å². The van der Waals surface area contributed by atoms with E-state index < -0.39 is 0 Å². The van der Waals surface area contributed by atoms with Gasteiger partial charge in [-0.2, -0.15) is 0 Å². The Morgan fingerprint density at radius 2 is 1.73 bits per heavy atom. The number of hydrogen-bond acceptors (Lipinski definition) is 5. The number of aromatic nitrogens is 2. The third-order valence-electron chi connectivity index (χ3n) is 5.15. The average Bonchev–Trinajstić information content (AvgIpc) is 3.21. The van der Waals surface area contributed by atoms with Crippen molar-refractivity contribution in [3.63, 3.8) is 0 Å². The van der Waals surface area contributed by atoms with E-state index in [-0.39, 0.29) is 30.9 Å². The molecular weight excluding hydrogens is 384 g/mol. The van der Waals surface area contributed by atoms with Crippen molar-refractivity contribution in [1.29, 1.82) is 0 Å². The number of amides is 3. The molecule has 30 heavy (non-hydrogen) atoms. The summed E-state index contributed by atoms with van der Waals surface area (Å²) >= 11 is 0. The van der Waals surface area contributed by atoms with E-state index in [9.17, 15) is 14.4 Å². The molecule has 3 amide bonds. The Kier molecular flexibility index (Phi) is 4.99. The standard InChI is InChI=1S/C22H22N4O4/c1-4-25-18-11-14(30-13-20(27)24(2)3)9-10-17(18)23-19(25)12-26-21(28)15-7-5-6-8-16(15)22(26)29/h5-11H,4,12-13H2,1-3H3. The van der Waals surface area contributed by atoms with Crippen molar-refractivity contribution in [3.05, 3.63) is 59.4 Å². The minimum absolute atomic E-state index is 0.0549. The maximum absolute atomic E-state index is 12.7. The smallest absolute Gasteiger partial charge is 0.261 e. The fraction of sp³-hybridized carbons (Fsp3) is 0.273. The van der Waals surface area contributed by atoms with E-state index in [4.69, 9.17) is 4.74 Å². The van der Waals surface area contributed by atoms with Gasteiger partial charge in [0.15, 0.2) is 6.61 Å². The van der Waals surface area contributed by atoms with Crippen LogP contribution in [0, 0.1) is 0 Å². The van der Waals surface area contributed by atoms with Gasteiger partial charge in [0.2, 0.25) is 0 Å². The van der Waals surface area contributed by atoms with Crippen LogP contribution >= 0.6 is 0 Å². The predicted molar refractivity (Wildman–Crippen MR) is 110 cm³/mol. The molecule has 8 heteroatoms. The van der Waals surface area contributed by atoms with Gasteiger partial charge in [0.25, 0.3) is 17.7 Å². The van der Waals surface area contributed by atoms with Gasteiger partial charge >= 0.3 is 0 Å². The van der Waals surface area contributed by atoms with Crippen LogP contribution in [-0.2, 0) is 17.9 Å². The van der Waals surface area contributed by atoms with E-state index >= 15 is 0 Å². The van der Waals surface area contributed by atoms with Gasteiger partial charge < -0.3 is 14.2 Å². The number of carbonyl (C=O) groups excluding carboxylic acids is 3. The molecular formula is C22H22N4O4. The summed E-state index contributed by atoms with van der Waals surface area (Å²) in [4.78, 5) is 44.5. The molecule has 0 radical (unpaired) electrons. The number of benzene rings is 2. The lowest BCUT2D eigenvalue weighted by Crippen LogP contribution is -2.30. The van der Waals surface area contributed by atoms with Crippen molar-refractivity contribution >= 4 is 28.8 Å². The summed E-state index contributed by atoms with van der Waals surface area (Å²) < 4.78 is 7.55. The summed E-state index contributed by atoms with van der Waals surface area (Å²) in [6.45, 7) is 2.61. The van der Waals surface area contributed by atoms with E-state index in [2.05, 4.69) is 4.98 Å². The molecule has 154 valence electrons. The maximum Gasteiger partial charge on any atom is 0.261 e. The molecule has 1 aliphatic rings. The molecule has 0 atom stereocenters. The second-order valence-electron chi connectivity index (χ2n) is 7.24. The van der Waals surface area contributed by atoms with E-state index in [1.54, 1.807) is 44.4 Å². The quantitative estimate of drug-likeness (QED) is 0.587. The first-order valence-corrected chi connectivity index (χ1v) is 9.68. The molecule has 1 aromatic heterocycles. The Bertz CT molecular complexity index is 1130. The molecule has 8 nitrogen and oxygen atoms in total. The molecule has 0 bridgehead atoms. The number of likely N-dealkylation sites (N-methyl/N-ethyl adjacent to an activating group) is 1. The maximum atomic E-state index is 12.7. The first-order valence-electron chi connectivity index (χ1n) is 9.68. The van der Waals surface area contributed by atoms with Crippen LogP contribution < -0.4 is 4.74 Å². The molecule has 0 spiro atoms. The van der Waals surface area contributed by atoms with Crippen molar-refractivity contribution in [2.75, 3.05) is 20.7 Å². The minimum Gasteiger partial charge on any atom is -0.484 e. The van der Waals surface area contributed by atoms with E-state index in [0.29, 0.717) is 29.2 Å². The molecule has 3 aromatic rings. The molecule has 1 aliphatic heterocycles. The zero-order valence-electron chi connectivity index (χ0n) is 17.1. The van der Waals surface area contributed by atoms with Gasteiger partial charge in [-0.3, -0.25) is 19.3 Å². The van der Waals surface area contributed by atoms with Crippen LogP contribution in [0.25, 0.3) is 11.0 Å². The molecule has 0 N–H and O–H groups in total. The molecule has 2 heterocycles. The predicted octanol–water partition coefficient (Wildman–Crippen LogP) is 2.32. The largest absolute Gasteiger partial charge is 0.484 e. The Morgan fingerprint density at radius 3 is 2.33 bits per heavy atom. The van der Waals surface area contributed by atoms with Gasteiger partial charge in [0, 0.05) is 26.7 Å². The highest BCUT2D eigenvalue weighted by Gasteiger charge is 2.36. The Balaban J connectivity index is 1.62. The second-order valence-corrected chi connectivity index (χ2v) is 7.24. The zero-order valence-corrected chi connectivity index (χ0v) is 17.1. The van der Waals surface area contributed by atoms with Crippen molar-refractivity contribution in [2.45, 2.75) is 20.0 Å². The van der Waals surface area contributed by atoms with Gasteiger partial charge in [-0.05, 0) is 31.2 Å². The Morgan fingerprint density at radius 1 is 1.07 bits per heavy atom. The third kappa shape index (κ3) is 3.30. The minimum atomic E-state index is -0.309. The van der Waals surface area contributed by atoms with Gasteiger partial charge in [-0.15, -0.1) is 0 Å². The number of rotatable bonds is 6. The summed E-state index contributed by atoms with van der Waals surface area (Å²) in [7, 11) is 3.35. The SMILES string of the molecule is CCn1c(CN2C(=O)c3ccccc3C2=O)nc2ccc(OCC(=O)N(C)C)cc21. The lowest BCUT2D eigenvalue weighted by molar-refractivity contribution is -0.130. The van der Waals surface area contributed by atoms with Crippen LogP contribution in [0.1, 0.15) is 33.5 Å². The highest BCUT2D eigenvalue weighted by Crippen LogP contribution is 2.27. The van der Waals surface area contributed by atoms with Crippen molar-refractivity contribution in [3.8, 4) is 5.75 Å². The van der Waals surface area contributed by atoms with Crippen LogP contribution in [-0.4, -0.2) is 57.8 Å². The molecule has 4 rings (SSSR count). The van der Waals surface area contributed by atoms with Crippen molar-refractivity contribution < 1.29 is 19.1 Å². The van der Waals surface area contributed by atoms with E-state index in [1.165, 1.54) is 9.80 Å². The number of ether oxygens (including phenoxy) is 1. The first kappa shape index (κ1) is 19.6. The van der Waals surface area contributed by atoms with Crippen LogP contribution in [0.3, 0.4) is 0 Å². The number of aryl methyl sites for hydroxylation is 1. The average molecular weight is 406 g/mol. The fourth-order valence-corrected chi connectivity index (χ4v) is 3.51. The number of fused-ring (bicyclic) bond motifs is 2. The Hall–Kier alpha value is -3.68. The molecule has 0 saturated carbocycles. The number of imide groups is 1. The topological polar surface area (TPSA) is 84.7 Å². The van der Waals surface area contributed by atoms with E-state index in [1.807, 2.05) is 23.6 Å². The second kappa shape index (κ2) is 7.62. The molecule has 0 unspecified atom stereocenters. The lowest BCUT2D eigenvalue weighted by Gasteiger charge is -2.14. The van der Waals surface area contributed by atoms with Crippen molar-refractivity contribution in [2.24, 2.45) is 0 Å². The van der Waals surface area contributed by atoms with Crippen LogP contribution in [0.5, 0.6) is 5.75 Å². The van der Waals surface area contributed by atoms with E-state index in [0.717, 1.165) is 11.0 Å².